The number of benzene rings is 1. The first-order valence-electron chi connectivity index (χ1n) is 17.9. The van der Waals surface area contributed by atoms with E-state index in [0.717, 1.165) is 36.8 Å². The number of rotatable bonds is 5. The minimum Gasteiger partial charge on any atom is -0.449 e. The topological polar surface area (TPSA) is 155 Å². The van der Waals surface area contributed by atoms with Crippen molar-refractivity contribution < 1.29 is 38.1 Å². The lowest BCUT2D eigenvalue weighted by molar-refractivity contribution is -0.142. The highest BCUT2D eigenvalue weighted by molar-refractivity contribution is 7.60. The van der Waals surface area contributed by atoms with Crippen LogP contribution >= 0.6 is 7.37 Å². The van der Waals surface area contributed by atoms with Crippen molar-refractivity contribution in [3.8, 4) is 0 Å². The van der Waals surface area contributed by atoms with Crippen molar-refractivity contribution >= 4 is 31.4 Å². The highest BCUT2D eigenvalue weighted by Crippen LogP contribution is 2.72. The Kier molecular flexibility index (Phi) is 10.8. The summed E-state index contributed by atoms with van der Waals surface area (Å²) < 4.78 is 25.2. The number of alkyl carbamates (subject to hydrolysis) is 1. The Labute approximate surface area is 290 Å². The van der Waals surface area contributed by atoms with Crippen molar-refractivity contribution in [3.05, 3.63) is 34.9 Å². The molecule has 12 nitrogen and oxygen atoms in total. The van der Waals surface area contributed by atoms with Crippen LogP contribution in [0.15, 0.2) is 18.2 Å². The molecule has 0 spiro atoms. The Morgan fingerprint density at radius 2 is 1.88 bits per heavy atom. The van der Waals surface area contributed by atoms with Gasteiger partial charge in [0.2, 0.25) is 19.2 Å². The number of cyclic esters (lactones) is 1. The van der Waals surface area contributed by atoms with Crippen LogP contribution in [-0.4, -0.2) is 81.0 Å². The van der Waals surface area contributed by atoms with E-state index in [1.807, 2.05) is 46.8 Å². The Bertz CT molecular complexity index is 1490. The van der Waals surface area contributed by atoms with Gasteiger partial charge in [-0.2, -0.15) is 0 Å². The lowest BCUT2D eigenvalue weighted by Crippen LogP contribution is -2.58. The van der Waals surface area contributed by atoms with Crippen LogP contribution in [-0.2, 0) is 43.1 Å². The monoisotopic (exact) mass is 702 g/mol. The average molecular weight is 703 g/mol. The van der Waals surface area contributed by atoms with Gasteiger partial charge in [-0.3, -0.25) is 19.1 Å². The lowest BCUT2D eigenvalue weighted by Gasteiger charge is -2.36. The quantitative estimate of drug-likeness (QED) is 0.339. The van der Waals surface area contributed by atoms with Crippen molar-refractivity contribution in [2.24, 2.45) is 17.3 Å². The third-order valence-electron chi connectivity index (χ3n) is 10.9. The molecule has 3 heterocycles. The van der Waals surface area contributed by atoms with Gasteiger partial charge in [-0.15, -0.1) is 0 Å². The third-order valence-corrected chi connectivity index (χ3v) is 14.1. The Morgan fingerprint density at radius 3 is 2.53 bits per heavy atom. The van der Waals surface area contributed by atoms with E-state index in [4.69, 9.17) is 9.47 Å². The van der Waals surface area contributed by atoms with Crippen molar-refractivity contribution in [2.75, 3.05) is 13.2 Å². The summed E-state index contributed by atoms with van der Waals surface area (Å²) in [6.45, 7) is 13.7. The second-order valence-corrected chi connectivity index (χ2v) is 19.1. The molecule has 0 aromatic heterocycles. The molecule has 49 heavy (non-hydrogen) atoms. The fourth-order valence-electron chi connectivity index (χ4n) is 7.71. The maximum Gasteiger partial charge on any atom is 0.410 e. The van der Waals surface area contributed by atoms with E-state index >= 15 is 0 Å². The molecular formula is C36H55N4O8P. The molecule has 4 bridgehead atoms. The first kappa shape index (κ1) is 37.2. The number of carbonyl (C=O) groups is 4. The van der Waals surface area contributed by atoms with E-state index in [9.17, 15) is 28.6 Å². The second-order valence-electron chi connectivity index (χ2n) is 16.0. The van der Waals surface area contributed by atoms with Crippen LogP contribution in [0, 0.1) is 17.3 Å². The van der Waals surface area contributed by atoms with E-state index in [2.05, 4.69) is 16.7 Å². The molecule has 5 rings (SSSR count). The average Bonchev–Trinajstić information content (AvgIpc) is 3.35. The molecule has 1 aromatic carbocycles. The van der Waals surface area contributed by atoms with E-state index < -0.39 is 65.9 Å². The summed E-state index contributed by atoms with van der Waals surface area (Å²) in [5.41, 5.74) is 2.08. The molecular weight excluding hydrogens is 647 g/mol. The first-order valence-corrected chi connectivity index (χ1v) is 19.6. The molecule has 7 atom stereocenters. The molecule has 1 unspecified atom stereocenters. The van der Waals surface area contributed by atoms with E-state index in [1.165, 1.54) is 10.5 Å². The SMILES string of the molecule is CC[C@@H]1C[C@]1(NC(=O)[C@@H]1C[C@@H]2CN1C(=O)[C@H](C(C)(C)C)NC(=O)OC[C@H](C)CCCCc1cccc3c1CN(C3)C(=O)O2)P(=O)(O)C(C)C. The number of nitrogens with zero attached hydrogens (tertiary/aromatic N) is 2. The van der Waals surface area contributed by atoms with Gasteiger partial charge in [0.05, 0.1) is 13.2 Å². The number of amides is 4. The Balaban J connectivity index is 1.45. The maximum absolute atomic E-state index is 14.4. The smallest absolute Gasteiger partial charge is 0.410 e. The van der Waals surface area contributed by atoms with Crippen LogP contribution in [0.5, 0.6) is 0 Å². The van der Waals surface area contributed by atoms with Gasteiger partial charge >= 0.3 is 12.2 Å². The summed E-state index contributed by atoms with van der Waals surface area (Å²) in [6.07, 6.45) is 2.60. The summed E-state index contributed by atoms with van der Waals surface area (Å²) >= 11 is 0. The standard InChI is InChI=1S/C36H55N4O8P/c1-8-26-17-36(26,49(45,46)22(2)3)38-31(41)29-16-27-19-40(29)32(42)30(35(5,6)7)37-33(43)47-21-23(4)12-9-10-13-24-14-11-15-25-18-39(20-28(24)25)34(44)48-27/h11,14-15,22-23,26-27,29-30H,8-10,12-13,16-21H2,1-7H3,(H,37,43)(H,38,41)(H,45,46)/t23-,26-,27-,29+,30-,36+/m1/s1. The van der Waals surface area contributed by atoms with Crippen LogP contribution in [0.1, 0.15) is 104 Å². The summed E-state index contributed by atoms with van der Waals surface area (Å²) in [7, 11) is -3.83. The van der Waals surface area contributed by atoms with Crippen molar-refractivity contribution in [2.45, 2.75) is 136 Å². The molecule has 272 valence electrons. The fourth-order valence-corrected chi connectivity index (χ4v) is 10.1. The van der Waals surface area contributed by atoms with Gasteiger partial charge in [0.1, 0.15) is 23.5 Å². The number of hydrogen-bond acceptors (Lipinski definition) is 7. The summed E-state index contributed by atoms with van der Waals surface area (Å²) in [5.74, 6) is -1.14. The highest BCUT2D eigenvalue weighted by atomic mass is 31.2. The van der Waals surface area contributed by atoms with Crippen LogP contribution in [0.3, 0.4) is 0 Å². The minimum atomic E-state index is -3.83. The summed E-state index contributed by atoms with van der Waals surface area (Å²) in [5, 5.41) is 4.41. The van der Waals surface area contributed by atoms with Crippen molar-refractivity contribution in [1.29, 1.82) is 0 Å². The molecule has 4 aliphatic rings. The molecule has 4 amide bonds. The number of hydrogen-bond donors (Lipinski definition) is 3. The van der Waals surface area contributed by atoms with E-state index in [-0.39, 0.29) is 31.4 Å². The van der Waals surface area contributed by atoms with Gasteiger partial charge in [0.25, 0.3) is 0 Å². The number of ether oxygens (including phenoxy) is 2. The van der Waals surface area contributed by atoms with Crippen LogP contribution in [0.4, 0.5) is 9.59 Å². The Hall–Kier alpha value is -3.11. The highest BCUT2D eigenvalue weighted by Gasteiger charge is 2.67. The summed E-state index contributed by atoms with van der Waals surface area (Å²) in [4.78, 5) is 69.4. The molecule has 1 saturated carbocycles. The molecule has 2 fully saturated rings. The molecule has 1 aromatic rings. The lowest BCUT2D eigenvalue weighted by atomic mass is 9.85. The van der Waals surface area contributed by atoms with Crippen LogP contribution < -0.4 is 10.6 Å². The Morgan fingerprint density at radius 1 is 1.16 bits per heavy atom. The largest absolute Gasteiger partial charge is 0.449 e. The van der Waals surface area contributed by atoms with Gasteiger partial charge in [0.15, 0.2) is 0 Å². The van der Waals surface area contributed by atoms with E-state index in [0.29, 0.717) is 25.9 Å². The fraction of sp³-hybridized carbons (Fsp3) is 0.722. The number of fused-ring (bicyclic) bond motifs is 3. The van der Waals surface area contributed by atoms with Gasteiger partial charge in [-0.05, 0) is 59.6 Å². The zero-order chi connectivity index (χ0) is 35.9. The number of aryl methyl sites for hydroxylation is 1. The van der Waals surface area contributed by atoms with Crippen LogP contribution in [0.25, 0.3) is 0 Å². The molecule has 1 saturated heterocycles. The van der Waals surface area contributed by atoms with Gasteiger partial charge < -0.3 is 29.9 Å². The molecule has 3 aliphatic heterocycles. The third kappa shape index (κ3) is 7.65. The second kappa shape index (κ2) is 14.3. The van der Waals surface area contributed by atoms with Crippen molar-refractivity contribution in [1.82, 2.24) is 20.4 Å². The van der Waals surface area contributed by atoms with E-state index in [1.54, 1.807) is 18.7 Å². The maximum atomic E-state index is 14.4. The van der Waals surface area contributed by atoms with Gasteiger partial charge in [-0.1, -0.05) is 79.5 Å². The van der Waals surface area contributed by atoms with Gasteiger partial charge in [-0.25, -0.2) is 9.59 Å². The van der Waals surface area contributed by atoms with Crippen molar-refractivity contribution in [3.63, 3.8) is 0 Å². The zero-order valence-electron chi connectivity index (χ0n) is 30.1. The number of carbonyl (C=O) groups excluding carboxylic acids is 4. The predicted octanol–water partition coefficient (Wildman–Crippen LogP) is 5.53. The zero-order valence-corrected chi connectivity index (χ0v) is 31.0. The number of nitrogens with one attached hydrogen (secondary N) is 2. The predicted molar refractivity (Wildman–Crippen MR) is 185 cm³/mol. The summed E-state index contributed by atoms with van der Waals surface area (Å²) in [6, 6.07) is 4.00. The van der Waals surface area contributed by atoms with Crippen LogP contribution in [0.2, 0.25) is 0 Å². The molecule has 1 aliphatic carbocycles. The normalized spacial score (nSPS) is 31.0. The first-order chi connectivity index (χ1) is 23.0. The molecule has 13 heteroatoms. The van der Waals surface area contributed by atoms with Gasteiger partial charge in [0, 0.05) is 25.2 Å². The minimum absolute atomic E-state index is 0.0124. The molecule has 3 N–H and O–H groups in total. The molecule has 0 radical (unpaired) electrons.